The summed E-state index contributed by atoms with van der Waals surface area (Å²) in [5, 5.41) is 6.34. The number of nitrogens with zero attached hydrogens (tertiary/aromatic N) is 1. The van der Waals surface area contributed by atoms with Crippen LogP contribution in [-0.4, -0.2) is 42.9 Å². The standard InChI is InChI=1S/C21H33N3O2.ClH/c1-5-22-14-17-8-10-24(11-9-17)21(26)18-6-7-19(16(4)13-18)23-20(25)12-15(2)3;/h6-7,13,15,17,22H,5,8-12,14H2,1-4H3,(H,23,25);1H. The Morgan fingerprint density at radius 2 is 1.89 bits per heavy atom. The average Bonchev–Trinajstić information content (AvgIpc) is 2.61. The molecular formula is C21H34ClN3O2. The lowest BCUT2D eigenvalue weighted by molar-refractivity contribution is -0.116. The highest BCUT2D eigenvalue weighted by atomic mass is 35.5. The number of nitrogens with one attached hydrogen (secondary N) is 2. The predicted octanol–water partition coefficient (Wildman–Crippen LogP) is 3.86. The van der Waals surface area contributed by atoms with Gasteiger partial charge in [0.1, 0.15) is 0 Å². The minimum atomic E-state index is 0. The zero-order valence-electron chi connectivity index (χ0n) is 17.0. The summed E-state index contributed by atoms with van der Waals surface area (Å²) in [6, 6.07) is 5.56. The first-order chi connectivity index (χ1) is 12.4. The number of amides is 2. The summed E-state index contributed by atoms with van der Waals surface area (Å²) >= 11 is 0. The molecule has 2 amide bonds. The molecule has 2 rings (SSSR count). The second-order valence-corrected chi connectivity index (χ2v) is 7.72. The second-order valence-electron chi connectivity index (χ2n) is 7.72. The molecule has 152 valence electrons. The zero-order chi connectivity index (χ0) is 19.1. The van der Waals surface area contributed by atoms with Gasteiger partial charge in [0.25, 0.3) is 5.91 Å². The van der Waals surface area contributed by atoms with Crippen LogP contribution in [0.4, 0.5) is 5.69 Å². The Morgan fingerprint density at radius 1 is 1.22 bits per heavy atom. The maximum absolute atomic E-state index is 12.8. The van der Waals surface area contributed by atoms with Crippen LogP contribution >= 0.6 is 12.4 Å². The van der Waals surface area contributed by atoms with Gasteiger partial charge in [0.2, 0.25) is 5.91 Å². The Kier molecular flexibility index (Phi) is 9.81. The number of carbonyl (C=O) groups is 2. The quantitative estimate of drug-likeness (QED) is 0.736. The highest BCUT2D eigenvalue weighted by molar-refractivity contribution is 5.96. The molecule has 0 aromatic heterocycles. The van der Waals surface area contributed by atoms with Crippen molar-refractivity contribution in [1.29, 1.82) is 0 Å². The topological polar surface area (TPSA) is 61.4 Å². The summed E-state index contributed by atoms with van der Waals surface area (Å²) < 4.78 is 0. The molecule has 0 saturated carbocycles. The van der Waals surface area contributed by atoms with Crippen molar-refractivity contribution in [1.82, 2.24) is 10.2 Å². The summed E-state index contributed by atoms with van der Waals surface area (Å²) in [6.45, 7) is 11.8. The van der Waals surface area contributed by atoms with Gasteiger partial charge in [0, 0.05) is 30.8 Å². The normalized spacial score (nSPS) is 14.8. The van der Waals surface area contributed by atoms with Gasteiger partial charge >= 0.3 is 0 Å². The van der Waals surface area contributed by atoms with Crippen LogP contribution < -0.4 is 10.6 Å². The monoisotopic (exact) mass is 395 g/mol. The average molecular weight is 396 g/mol. The number of aryl methyl sites for hydroxylation is 1. The number of halogens is 1. The molecule has 1 heterocycles. The van der Waals surface area contributed by atoms with E-state index in [1.165, 1.54) is 0 Å². The van der Waals surface area contributed by atoms with E-state index in [9.17, 15) is 9.59 Å². The van der Waals surface area contributed by atoms with Crippen LogP contribution in [0, 0.1) is 18.8 Å². The van der Waals surface area contributed by atoms with E-state index in [2.05, 4.69) is 17.6 Å². The van der Waals surface area contributed by atoms with Gasteiger partial charge in [-0.25, -0.2) is 0 Å². The number of piperidine rings is 1. The Balaban J connectivity index is 0.00000364. The van der Waals surface area contributed by atoms with Crippen molar-refractivity contribution in [2.24, 2.45) is 11.8 Å². The van der Waals surface area contributed by atoms with E-state index < -0.39 is 0 Å². The number of likely N-dealkylation sites (tertiary alicyclic amines) is 1. The van der Waals surface area contributed by atoms with Crippen LogP contribution in [0.5, 0.6) is 0 Å². The van der Waals surface area contributed by atoms with Crippen molar-refractivity contribution in [2.75, 3.05) is 31.5 Å². The van der Waals surface area contributed by atoms with Crippen LogP contribution in [-0.2, 0) is 4.79 Å². The van der Waals surface area contributed by atoms with E-state index >= 15 is 0 Å². The third-order valence-corrected chi connectivity index (χ3v) is 4.93. The molecule has 1 fully saturated rings. The van der Waals surface area contributed by atoms with E-state index in [0.29, 0.717) is 23.8 Å². The first kappa shape index (κ1) is 23.4. The van der Waals surface area contributed by atoms with E-state index in [4.69, 9.17) is 0 Å². The molecule has 1 aromatic rings. The van der Waals surface area contributed by atoms with E-state index in [1.54, 1.807) is 0 Å². The Bertz CT molecular complexity index is 626. The molecule has 0 aliphatic carbocycles. The van der Waals surface area contributed by atoms with Gasteiger partial charge in [0.15, 0.2) is 0 Å². The maximum atomic E-state index is 12.8. The molecule has 2 N–H and O–H groups in total. The third kappa shape index (κ3) is 7.15. The first-order valence-corrected chi connectivity index (χ1v) is 9.81. The minimum absolute atomic E-state index is 0. The van der Waals surface area contributed by atoms with Crippen LogP contribution in [0.3, 0.4) is 0 Å². The fraction of sp³-hybridized carbons (Fsp3) is 0.619. The fourth-order valence-corrected chi connectivity index (χ4v) is 3.38. The van der Waals surface area contributed by atoms with E-state index in [-0.39, 0.29) is 24.2 Å². The first-order valence-electron chi connectivity index (χ1n) is 9.81. The smallest absolute Gasteiger partial charge is 0.253 e. The van der Waals surface area contributed by atoms with Crippen LogP contribution in [0.15, 0.2) is 18.2 Å². The molecule has 1 saturated heterocycles. The zero-order valence-corrected chi connectivity index (χ0v) is 17.8. The number of benzene rings is 1. The molecule has 1 aromatic carbocycles. The molecule has 5 nitrogen and oxygen atoms in total. The predicted molar refractivity (Wildman–Crippen MR) is 114 cm³/mol. The lowest BCUT2D eigenvalue weighted by Crippen LogP contribution is -2.40. The number of hydrogen-bond donors (Lipinski definition) is 2. The van der Waals surface area contributed by atoms with Gasteiger partial charge in [-0.05, 0) is 68.5 Å². The molecule has 0 atom stereocenters. The van der Waals surface area contributed by atoms with Gasteiger partial charge in [-0.1, -0.05) is 20.8 Å². The Labute approximate surface area is 169 Å². The molecule has 0 unspecified atom stereocenters. The summed E-state index contributed by atoms with van der Waals surface area (Å²) in [5.41, 5.74) is 2.42. The molecule has 1 aliphatic rings. The molecule has 0 radical (unpaired) electrons. The highest BCUT2D eigenvalue weighted by Crippen LogP contribution is 2.22. The van der Waals surface area contributed by atoms with E-state index in [1.807, 2.05) is 43.9 Å². The minimum Gasteiger partial charge on any atom is -0.339 e. The second kappa shape index (κ2) is 11.3. The molecule has 0 spiro atoms. The van der Waals surface area contributed by atoms with Gasteiger partial charge in [0.05, 0.1) is 0 Å². The van der Waals surface area contributed by atoms with Gasteiger partial charge in [-0.2, -0.15) is 0 Å². The van der Waals surface area contributed by atoms with Crippen LogP contribution in [0.25, 0.3) is 0 Å². The van der Waals surface area contributed by atoms with Gasteiger partial charge in [-0.3, -0.25) is 9.59 Å². The Hall–Kier alpha value is -1.59. The van der Waals surface area contributed by atoms with Gasteiger partial charge < -0.3 is 15.5 Å². The summed E-state index contributed by atoms with van der Waals surface area (Å²) in [5.74, 6) is 1.10. The number of carbonyl (C=O) groups excluding carboxylic acids is 2. The van der Waals surface area contributed by atoms with Crippen molar-refractivity contribution in [3.05, 3.63) is 29.3 Å². The summed E-state index contributed by atoms with van der Waals surface area (Å²) in [6.07, 6.45) is 2.62. The fourth-order valence-electron chi connectivity index (χ4n) is 3.38. The number of hydrogen-bond acceptors (Lipinski definition) is 3. The molecular weight excluding hydrogens is 362 g/mol. The third-order valence-electron chi connectivity index (χ3n) is 4.93. The van der Waals surface area contributed by atoms with Crippen molar-refractivity contribution >= 4 is 29.9 Å². The van der Waals surface area contributed by atoms with Crippen LogP contribution in [0.2, 0.25) is 0 Å². The molecule has 27 heavy (non-hydrogen) atoms. The van der Waals surface area contributed by atoms with Crippen molar-refractivity contribution in [3.8, 4) is 0 Å². The Morgan fingerprint density at radius 3 is 2.44 bits per heavy atom. The highest BCUT2D eigenvalue weighted by Gasteiger charge is 2.23. The molecule has 1 aliphatic heterocycles. The number of rotatable bonds is 7. The molecule has 6 heteroatoms. The largest absolute Gasteiger partial charge is 0.339 e. The van der Waals surface area contributed by atoms with Crippen molar-refractivity contribution < 1.29 is 9.59 Å². The van der Waals surface area contributed by atoms with Crippen molar-refractivity contribution in [2.45, 2.75) is 47.0 Å². The van der Waals surface area contributed by atoms with Crippen LogP contribution in [0.1, 0.15) is 56.0 Å². The van der Waals surface area contributed by atoms with Gasteiger partial charge in [-0.15, -0.1) is 12.4 Å². The lowest BCUT2D eigenvalue weighted by Gasteiger charge is -2.32. The van der Waals surface area contributed by atoms with E-state index in [0.717, 1.165) is 50.3 Å². The summed E-state index contributed by atoms with van der Waals surface area (Å²) in [4.78, 5) is 26.7. The van der Waals surface area contributed by atoms with Crippen molar-refractivity contribution in [3.63, 3.8) is 0 Å². The summed E-state index contributed by atoms with van der Waals surface area (Å²) in [7, 11) is 0. The lowest BCUT2D eigenvalue weighted by atomic mass is 9.96. The SMILES string of the molecule is CCNCC1CCN(C(=O)c2ccc(NC(=O)CC(C)C)c(C)c2)CC1.Cl. The molecule has 0 bridgehead atoms. The maximum Gasteiger partial charge on any atom is 0.253 e. The number of anilines is 1.